The Morgan fingerprint density at radius 3 is 2.25 bits per heavy atom. The van der Waals surface area contributed by atoms with Gasteiger partial charge in [0.15, 0.2) is 0 Å². The maximum atomic E-state index is 14.2. The van der Waals surface area contributed by atoms with E-state index in [2.05, 4.69) is 34.1 Å². The molecule has 12 nitrogen and oxygen atoms in total. The predicted molar refractivity (Wildman–Crippen MR) is 214 cm³/mol. The predicted octanol–water partition coefficient (Wildman–Crippen LogP) is 4.94. The van der Waals surface area contributed by atoms with Gasteiger partial charge in [0.25, 0.3) is 0 Å². The fraction of sp³-hybridized carbons (Fsp3) is 0.692. The van der Waals surface area contributed by atoms with Crippen molar-refractivity contribution >= 4 is 46.9 Å². The molecule has 0 saturated carbocycles. The van der Waals surface area contributed by atoms with Gasteiger partial charge in [-0.1, -0.05) is 76.7 Å². The Bertz CT molecular complexity index is 1450. The summed E-state index contributed by atoms with van der Waals surface area (Å²) >= 11 is 2.92. The number of amides is 4. The van der Waals surface area contributed by atoms with E-state index in [1.165, 1.54) is 11.5 Å². The third-order valence-electron chi connectivity index (χ3n) is 10.6. The summed E-state index contributed by atoms with van der Waals surface area (Å²) in [6.45, 7) is 13.0. The molecule has 0 radical (unpaired) electrons. The van der Waals surface area contributed by atoms with E-state index >= 15 is 0 Å². The number of thioether (sulfide) groups is 1. The first-order chi connectivity index (χ1) is 25.1. The number of likely N-dealkylation sites (N-methyl/N-ethyl adjacent to an activating group) is 2. The average Bonchev–Trinajstić information content (AvgIpc) is 3.84. The lowest BCUT2D eigenvalue weighted by atomic mass is 9.89. The number of aromatic nitrogens is 2. The second-order valence-corrected chi connectivity index (χ2v) is 16.9. The summed E-state index contributed by atoms with van der Waals surface area (Å²) in [5.74, 6) is -0.540. The third kappa shape index (κ3) is 12.0. The van der Waals surface area contributed by atoms with Crippen LogP contribution in [-0.4, -0.2) is 124 Å². The van der Waals surface area contributed by atoms with E-state index in [1.54, 1.807) is 30.8 Å². The van der Waals surface area contributed by atoms with Crippen LogP contribution in [0.2, 0.25) is 0 Å². The minimum Gasteiger partial charge on any atom is -0.379 e. The molecule has 7 unspecified atom stereocenters. The van der Waals surface area contributed by atoms with E-state index < -0.39 is 18.2 Å². The van der Waals surface area contributed by atoms with Gasteiger partial charge in [0.05, 0.1) is 24.6 Å². The van der Waals surface area contributed by atoms with Crippen molar-refractivity contribution in [1.29, 1.82) is 0 Å². The molecule has 7 atom stereocenters. The van der Waals surface area contributed by atoms with Gasteiger partial charge < -0.3 is 25.2 Å². The average molecular weight is 774 g/mol. The lowest BCUT2D eigenvalue weighted by Crippen LogP contribution is -2.59. The zero-order valence-electron chi connectivity index (χ0n) is 33.6. The molecule has 2 N–H and O–H groups in total. The van der Waals surface area contributed by atoms with Gasteiger partial charge in [0.2, 0.25) is 23.6 Å². The van der Waals surface area contributed by atoms with Gasteiger partial charge >= 0.3 is 0 Å². The molecule has 0 bridgehead atoms. The fourth-order valence-corrected chi connectivity index (χ4v) is 8.91. The summed E-state index contributed by atoms with van der Waals surface area (Å²) < 4.78 is 9.96. The zero-order chi connectivity index (χ0) is 39.4. The van der Waals surface area contributed by atoms with E-state index in [-0.39, 0.29) is 65.1 Å². The van der Waals surface area contributed by atoms with Crippen molar-refractivity contribution in [1.82, 2.24) is 34.9 Å². The number of methoxy groups -OCH3 is 1. The van der Waals surface area contributed by atoms with Gasteiger partial charge in [-0.25, -0.2) is 0 Å². The number of hydrogen-bond donors (Lipinski definition) is 2. The molecule has 296 valence electrons. The summed E-state index contributed by atoms with van der Waals surface area (Å²) in [5.41, 5.74) is 2.80. The highest BCUT2D eigenvalue weighted by atomic mass is 32.2. The minimum absolute atomic E-state index is 0.0212. The van der Waals surface area contributed by atoms with Crippen molar-refractivity contribution in [3.8, 4) is 11.3 Å². The number of likely N-dealkylation sites (tertiary alicyclic amines) is 1. The van der Waals surface area contributed by atoms with Crippen molar-refractivity contribution in [2.75, 3.05) is 41.1 Å². The third-order valence-corrected chi connectivity index (χ3v) is 12.2. The Labute approximate surface area is 325 Å². The van der Waals surface area contributed by atoms with Gasteiger partial charge in [-0.3, -0.25) is 24.1 Å². The molecule has 3 rings (SSSR count). The van der Waals surface area contributed by atoms with Crippen molar-refractivity contribution in [2.24, 2.45) is 17.8 Å². The number of nitrogens with zero attached hydrogens (tertiary/aromatic N) is 5. The largest absolute Gasteiger partial charge is 0.379 e. The summed E-state index contributed by atoms with van der Waals surface area (Å²) in [6.07, 6.45) is 4.29. The van der Waals surface area contributed by atoms with E-state index in [0.29, 0.717) is 19.5 Å². The molecule has 1 aromatic heterocycles. The number of benzene rings is 1. The molecule has 14 heteroatoms. The van der Waals surface area contributed by atoms with Crippen LogP contribution in [0.25, 0.3) is 11.3 Å². The topological polar surface area (TPSA) is 137 Å². The van der Waals surface area contributed by atoms with Gasteiger partial charge in [-0.2, -0.15) is 11.8 Å². The summed E-state index contributed by atoms with van der Waals surface area (Å²) in [6, 6.07) is 6.33. The molecule has 2 aromatic rings. The number of rotatable bonds is 20. The van der Waals surface area contributed by atoms with Gasteiger partial charge in [0, 0.05) is 55.9 Å². The number of nitrogens with one attached hydrogen (secondary N) is 2. The standard InChI is InChI=1S/C39H63N7O5S2/c1-12-26(6)37(45(9)39(50)35(24(2)3)41-38(49)36(25(4)5)44(7)8)31(51-10)20-34(48)46-19-13-14-30(46)32(52-11)21-33(47)40-22-27-15-17-28(18-16-27)29-23-53-43-42-29/h15-18,23-26,30-32,35-37H,12-14,19-22H2,1-11H3,(H,40,47)(H,41,49). The number of carbonyl (C=O) groups excluding carboxylic acids is 4. The van der Waals surface area contributed by atoms with Crippen LogP contribution in [0.1, 0.15) is 79.2 Å². The molecule has 1 aliphatic rings. The number of hydrogen-bond acceptors (Lipinski definition) is 10. The highest BCUT2D eigenvalue weighted by Gasteiger charge is 2.41. The lowest BCUT2D eigenvalue weighted by Gasteiger charge is -2.41. The molecular formula is C39H63N7O5S2. The highest BCUT2D eigenvalue weighted by molar-refractivity contribution is 7.99. The molecule has 2 heterocycles. The molecular weight excluding hydrogens is 711 g/mol. The highest BCUT2D eigenvalue weighted by Crippen LogP contribution is 2.31. The Morgan fingerprint density at radius 1 is 1.04 bits per heavy atom. The van der Waals surface area contributed by atoms with E-state index in [9.17, 15) is 19.2 Å². The van der Waals surface area contributed by atoms with Gasteiger partial charge in [-0.05, 0) is 68.0 Å². The first kappa shape index (κ1) is 44.3. The normalized spacial score (nSPS) is 18.1. The van der Waals surface area contributed by atoms with Gasteiger partial charge in [-0.15, -0.1) is 5.10 Å². The summed E-state index contributed by atoms with van der Waals surface area (Å²) in [5, 5.41) is 12.1. The second kappa shape index (κ2) is 21.1. The first-order valence-electron chi connectivity index (χ1n) is 18.9. The molecule has 4 amide bonds. The van der Waals surface area contributed by atoms with Gasteiger partial charge in [0.1, 0.15) is 11.7 Å². The molecule has 0 aliphatic carbocycles. The lowest BCUT2D eigenvalue weighted by molar-refractivity contribution is -0.146. The molecule has 0 spiro atoms. The Kier molecular flexibility index (Phi) is 17.7. The Morgan fingerprint density at radius 2 is 1.72 bits per heavy atom. The van der Waals surface area contributed by atoms with E-state index in [4.69, 9.17) is 4.74 Å². The first-order valence-corrected chi connectivity index (χ1v) is 21.0. The monoisotopic (exact) mass is 773 g/mol. The van der Waals surface area contributed by atoms with Crippen LogP contribution in [0.3, 0.4) is 0 Å². The van der Waals surface area contributed by atoms with Crippen LogP contribution in [0, 0.1) is 17.8 Å². The fourth-order valence-electron chi connectivity index (χ4n) is 7.53. The quantitative estimate of drug-likeness (QED) is 0.192. The van der Waals surface area contributed by atoms with Crippen LogP contribution < -0.4 is 10.6 Å². The summed E-state index contributed by atoms with van der Waals surface area (Å²) in [4.78, 5) is 60.4. The Hall–Kier alpha value is -3.07. The smallest absolute Gasteiger partial charge is 0.245 e. The Balaban J connectivity index is 1.69. The van der Waals surface area contributed by atoms with Crippen LogP contribution >= 0.6 is 23.3 Å². The van der Waals surface area contributed by atoms with Crippen molar-refractivity contribution in [2.45, 2.75) is 116 Å². The van der Waals surface area contributed by atoms with E-state index in [1.807, 2.05) is 87.5 Å². The summed E-state index contributed by atoms with van der Waals surface area (Å²) in [7, 11) is 7.09. The van der Waals surface area contributed by atoms with Crippen molar-refractivity contribution in [3.05, 3.63) is 35.2 Å². The molecule has 1 aromatic carbocycles. The molecule has 1 saturated heterocycles. The second-order valence-electron chi connectivity index (χ2n) is 15.2. The minimum atomic E-state index is -0.731. The SMILES string of the molecule is CCC(C)C(C(CC(=O)N1CCCC1C(CC(=O)NCc1ccc(-c2csnn2)cc1)SC)OC)N(C)C(=O)C(NC(=O)C(C(C)C)N(C)C)C(C)C. The molecule has 53 heavy (non-hydrogen) atoms. The van der Waals surface area contributed by atoms with Crippen molar-refractivity contribution in [3.63, 3.8) is 0 Å². The number of ether oxygens (including phenoxy) is 1. The van der Waals surface area contributed by atoms with Crippen LogP contribution in [0.4, 0.5) is 0 Å². The number of carbonyl (C=O) groups is 4. The van der Waals surface area contributed by atoms with Crippen LogP contribution in [0.15, 0.2) is 29.6 Å². The molecule has 1 aliphatic heterocycles. The van der Waals surface area contributed by atoms with Crippen LogP contribution in [-0.2, 0) is 30.5 Å². The van der Waals surface area contributed by atoms with E-state index in [0.717, 1.165) is 36.1 Å². The maximum absolute atomic E-state index is 14.2. The maximum Gasteiger partial charge on any atom is 0.245 e. The van der Waals surface area contributed by atoms with Crippen molar-refractivity contribution < 1.29 is 23.9 Å². The van der Waals surface area contributed by atoms with Crippen LogP contribution in [0.5, 0.6) is 0 Å². The zero-order valence-corrected chi connectivity index (χ0v) is 35.3. The molecule has 1 fully saturated rings.